The second kappa shape index (κ2) is 10.9. The van der Waals surface area contributed by atoms with Crippen LogP contribution in [0, 0.1) is 0 Å². The molecular formula is C23H20Cl2N2O4S2. The molecule has 0 unspecified atom stereocenters. The molecule has 1 atom stereocenters. The Balaban J connectivity index is 1.36. The van der Waals surface area contributed by atoms with Crippen LogP contribution in [0.3, 0.4) is 0 Å². The minimum atomic E-state index is -0.363. The molecule has 0 bridgehead atoms. The molecule has 6 nitrogen and oxygen atoms in total. The van der Waals surface area contributed by atoms with Gasteiger partial charge in [-0.1, -0.05) is 65.4 Å². The smallest absolute Gasteiger partial charge is 0.266 e. The number of thiocarbonyl (C=S) groups is 1. The minimum Gasteiger partial charge on any atom is -0.482 e. The molecule has 0 spiro atoms. The number of ether oxygens (including phenoxy) is 2. The molecule has 2 aliphatic rings. The molecule has 33 heavy (non-hydrogen) atoms. The molecule has 172 valence electrons. The third-order valence-electron chi connectivity index (χ3n) is 5.04. The summed E-state index contributed by atoms with van der Waals surface area (Å²) in [5.74, 6) is -0.139. The molecule has 2 heterocycles. The number of nitrogens with zero attached hydrogens (tertiary/aromatic N) is 1. The predicted molar refractivity (Wildman–Crippen MR) is 136 cm³/mol. The van der Waals surface area contributed by atoms with E-state index < -0.39 is 0 Å². The Morgan fingerprint density at radius 1 is 1.27 bits per heavy atom. The highest BCUT2D eigenvalue weighted by molar-refractivity contribution is 8.26. The van der Waals surface area contributed by atoms with Crippen LogP contribution in [0.15, 0.2) is 47.4 Å². The number of anilines is 1. The van der Waals surface area contributed by atoms with Crippen molar-refractivity contribution in [1.82, 2.24) is 4.90 Å². The fraction of sp³-hybridized carbons (Fsp3) is 0.261. The second-order valence-electron chi connectivity index (χ2n) is 7.43. The average Bonchev–Trinajstić information content (AvgIpc) is 3.39. The largest absolute Gasteiger partial charge is 0.482 e. The Morgan fingerprint density at radius 3 is 2.82 bits per heavy atom. The molecule has 4 rings (SSSR count). The van der Waals surface area contributed by atoms with E-state index in [0.717, 1.165) is 25.0 Å². The zero-order valence-electron chi connectivity index (χ0n) is 17.4. The van der Waals surface area contributed by atoms with E-state index in [2.05, 4.69) is 5.32 Å². The first-order chi connectivity index (χ1) is 15.9. The maximum absolute atomic E-state index is 12.8. The van der Waals surface area contributed by atoms with Gasteiger partial charge in [0.05, 0.1) is 33.3 Å². The number of halogens is 2. The van der Waals surface area contributed by atoms with Gasteiger partial charge in [0.25, 0.3) is 11.8 Å². The maximum Gasteiger partial charge on any atom is 0.266 e. The van der Waals surface area contributed by atoms with Gasteiger partial charge in [0.15, 0.2) is 6.61 Å². The van der Waals surface area contributed by atoms with E-state index in [1.165, 1.54) is 11.8 Å². The van der Waals surface area contributed by atoms with Gasteiger partial charge in [-0.25, -0.2) is 0 Å². The number of amides is 2. The third-order valence-corrected chi connectivity index (χ3v) is 7.05. The fourth-order valence-corrected chi connectivity index (χ4v) is 5.12. The lowest BCUT2D eigenvalue weighted by molar-refractivity contribution is -0.123. The zero-order valence-corrected chi connectivity index (χ0v) is 20.5. The number of carbonyl (C=O) groups is 2. The number of thioether (sulfide) groups is 1. The van der Waals surface area contributed by atoms with Crippen LogP contribution in [0.5, 0.6) is 5.75 Å². The van der Waals surface area contributed by atoms with E-state index in [0.29, 0.717) is 37.3 Å². The summed E-state index contributed by atoms with van der Waals surface area (Å²) in [7, 11) is 0. The molecule has 0 radical (unpaired) electrons. The normalized spacial score (nSPS) is 19.4. The van der Waals surface area contributed by atoms with Crippen molar-refractivity contribution in [2.45, 2.75) is 18.9 Å². The molecule has 0 aromatic heterocycles. The van der Waals surface area contributed by atoms with Gasteiger partial charge in [0, 0.05) is 6.61 Å². The van der Waals surface area contributed by atoms with E-state index in [9.17, 15) is 9.59 Å². The number of carbonyl (C=O) groups excluding carboxylic acids is 2. The van der Waals surface area contributed by atoms with Crippen molar-refractivity contribution in [2.75, 3.05) is 25.1 Å². The summed E-state index contributed by atoms with van der Waals surface area (Å²) >= 11 is 19.0. The summed E-state index contributed by atoms with van der Waals surface area (Å²) in [6.07, 6.45) is 3.72. The van der Waals surface area contributed by atoms with E-state index in [1.807, 2.05) is 0 Å². The van der Waals surface area contributed by atoms with E-state index in [-0.39, 0.29) is 24.5 Å². The second-order valence-corrected chi connectivity index (χ2v) is 9.92. The van der Waals surface area contributed by atoms with Gasteiger partial charge < -0.3 is 14.8 Å². The van der Waals surface area contributed by atoms with E-state index in [1.54, 1.807) is 53.4 Å². The predicted octanol–water partition coefficient (Wildman–Crippen LogP) is 5.39. The number of hydrogen-bond donors (Lipinski definition) is 1. The van der Waals surface area contributed by atoms with Crippen LogP contribution in [-0.4, -0.2) is 46.9 Å². The summed E-state index contributed by atoms with van der Waals surface area (Å²) < 4.78 is 11.7. The quantitative estimate of drug-likeness (QED) is 0.388. The van der Waals surface area contributed by atoms with Crippen molar-refractivity contribution < 1.29 is 19.1 Å². The fourth-order valence-electron chi connectivity index (χ4n) is 3.42. The zero-order chi connectivity index (χ0) is 23.4. The van der Waals surface area contributed by atoms with Crippen molar-refractivity contribution in [2.24, 2.45) is 0 Å². The Morgan fingerprint density at radius 2 is 2.09 bits per heavy atom. The average molecular weight is 523 g/mol. The van der Waals surface area contributed by atoms with Gasteiger partial charge >= 0.3 is 0 Å². The van der Waals surface area contributed by atoms with Crippen LogP contribution in [0.1, 0.15) is 18.4 Å². The van der Waals surface area contributed by atoms with E-state index >= 15 is 0 Å². The first-order valence-electron chi connectivity index (χ1n) is 10.2. The van der Waals surface area contributed by atoms with Crippen LogP contribution < -0.4 is 10.1 Å². The van der Waals surface area contributed by atoms with Crippen LogP contribution in [0.4, 0.5) is 5.69 Å². The Hall–Kier alpha value is -2.10. The van der Waals surface area contributed by atoms with E-state index in [4.69, 9.17) is 44.9 Å². The lowest BCUT2D eigenvalue weighted by Crippen LogP contribution is -2.35. The van der Waals surface area contributed by atoms with Crippen LogP contribution in [0.25, 0.3) is 6.08 Å². The van der Waals surface area contributed by atoms with Crippen molar-refractivity contribution in [3.8, 4) is 5.75 Å². The molecule has 2 fully saturated rings. The monoisotopic (exact) mass is 522 g/mol. The number of benzene rings is 2. The first-order valence-corrected chi connectivity index (χ1v) is 12.2. The molecule has 2 amide bonds. The van der Waals surface area contributed by atoms with Crippen molar-refractivity contribution in [1.29, 1.82) is 0 Å². The van der Waals surface area contributed by atoms with Gasteiger partial charge in [0.1, 0.15) is 10.1 Å². The molecule has 0 saturated carbocycles. The molecule has 0 aliphatic carbocycles. The number of hydrogen-bond acceptors (Lipinski definition) is 6. The first kappa shape index (κ1) is 24.0. The van der Waals surface area contributed by atoms with Crippen LogP contribution in [0.2, 0.25) is 10.0 Å². The van der Waals surface area contributed by atoms with Crippen molar-refractivity contribution in [3.05, 3.63) is 63.0 Å². The Labute approximate surface area is 211 Å². The minimum absolute atomic E-state index is 0.0350. The third kappa shape index (κ3) is 6.07. The van der Waals surface area contributed by atoms with Crippen LogP contribution >= 0.6 is 47.2 Å². The highest BCUT2D eigenvalue weighted by Crippen LogP contribution is 2.35. The molecule has 10 heteroatoms. The topological polar surface area (TPSA) is 67.9 Å². The maximum atomic E-state index is 12.8. The van der Waals surface area contributed by atoms with Gasteiger partial charge in [-0.15, -0.1) is 0 Å². The highest BCUT2D eigenvalue weighted by Gasteiger charge is 2.34. The summed E-state index contributed by atoms with van der Waals surface area (Å²) in [6, 6.07) is 12.0. The van der Waals surface area contributed by atoms with Gasteiger partial charge in [-0.2, -0.15) is 0 Å². The number of para-hydroxylation sites is 1. The Kier molecular flexibility index (Phi) is 7.93. The lowest BCUT2D eigenvalue weighted by atomic mass is 10.2. The van der Waals surface area contributed by atoms with Gasteiger partial charge in [0.2, 0.25) is 0 Å². The number of nitrogens with one attached hydrogen (secondary N) is 1. The van der Waals surface area contributed by atoms with Crippen molar-refractivity contribution in [3.63, 3.8) is 0 Å². The number of rotatable bonds is 7. The molecule has 2 aliphatic heterocycles. The lowest BCUT2D eigenvalue weighted by Gasteiger charge is -2.18. The molecule has 1 N–H and O–H groups in total. The molecule has 2 saturated heterocycles. The summed E-state index contributed by atoms with van der Waals surface area (Å²) in [6.45, 7) is 0.974. The summed E-state index contributed by atoms with van der Waals surface area (Å²) in [4.78, 5) is 27.1. The highest BCUT2D eigenvalue weighted by atomic mass is 35.5. The van der Waals surface area contributed by atoms with Gasteiger partial charge in [-0.05, 0) is 48.7 Å². The molecular weight excluding hydrogens is 503 g/mol. The SMILES string of the molecule is O=C(COc1ccc(/C=C2\SC(=S)N(C[C@@H]3CCCO3)C2=O)cc1Cl)Nc1ccccc1Cl. The van der Waals surface area contributed by atoms with Crippen molar-refractivity contribution >= 4 is 75.1 Å². The summed E-state index contributed by atoms with van der Waals surface area (Å²) in [5.41, 5.74) is 1.23. The molecule has 2 aromatic rings. The Bertz CT molecular complexity index is 1120. The van der Waals surface area contributed by atoms with Crippen LogP contribution in [-0.2, 0) is 14.3 Å². The standard InChI is InChI=1S/C23H20Cl2N2O4S2/c24-16-5-1-2-6-18(16)26-21(28)13-31-19-8-7-14(10-17(19)25)11-20-22(29)27(23(32)33-20)12-15-4-3-9-30-15/h1-2,5-8,10-11,15H,3-4,9,12-13H2,(H,26,28)/b20-11-/t15-/m0/s1. The molecule has 2 aromatic carbocycles. The summed E-state index contributed by atoms with van der Waals surface area (Å²) in [5, 5.41) is 3.45. The van der Waals surface area contributed by atoms with Gasteiger partial charge in [-0.3, -0.25) is 14.5 Å².